The highest BCUT2D eigenvalue weighted by atomic mass is 16.7. The molecule has 1 saturated carbocycles. The number of aliphatic hydroxyl groups is 2. The standard InChI is InChI=1S/C16H22O6/c1-16(2)21-14-9(6-10(17)15(22-16)13(14)18)8-3-4-11-12(5-8)20-7-19-11/h3,5,9-11,13-15,17-18H,4,6-7H2,1-2H3/t9?,10-,11?,13+,14+,15-/m0/s1. The van der Waals surface area contributed by atoms with Crippen molar-refractivity contribution in [1.29, 1.82) is 0 Å². The molecule has 4 rings (SSSR count). The number of hydrogen-bond acceptors (Lipinski definition) is 6. The van der Waals surface area contributed by atoms with Crippen LogP contribution >= 0.6 is 0 Å². The highest BCUT2D eigenvalue weighted by Crippen LogP contribution is 2.43. The van der Waals surface area contributed by atoms with Crippen molar-refractivity contribution in [3.63, 3.8) is 0 Å². The lowest BCUT2D eigenvalue weighted by atomic mass is 9.74. The second-order valence-corrected chi connectivity index (χ2v) is 6.87. The van der Waals surface area contributed by atoms with Crippen LogP contribution in [0.4, 0.5) is 0 Å². The summed E-state index contributed by atoms with van der Waals surface area (Å²) in [5, 5.41) is 20.8. The summed E-state index contributed by atoms with van der Waals surface area (Å²) in [5.74, 6) is -0.0662. The van der Waals surface area contributed by atoms with E-state index in [0.717, 1.165) is 17.8 Å². The van der Waals surface area contributed by atoms with Crippen LogP contribution in [0, 0.1) is 5.92 Å². The molecule has 2 bridgehead atoms. The summed E-state index contributed by atoms with van der Waals surface area (Å²) in [7, 11) is 0. The molecule has 2 unspecified atom stereocenters. The average Bonchev–Trinajstić information content (AvgIpc) is 2.92. The van der Waals surface area contributed by atoms with Gasteiger partial charge in [-0.3, -0.25) is 0 Å². The second-order valence-electron chi connectivity index (χ2n) is 6.87. The van der Waals surface area contributed by atoms with Crippen molar-refractivity contribution in [2.75, 3.05) is 6.79 Å². The number of aliphatic hydroxyl groups excluding tert-OH is 2. The first kappa shape index (κ1) is 14.7. The van der Waals surface area contributed by atoms with E-state index in [1.54, 1.807) is 0 Å². The summed E-state index contributed by atoms with van der Waals surface area (Å²) in [4.78, 5) is 0. The van der Waals surface area contributed by atoms with Crippen LogP contribution in [0.25, 0.3) is 0 Å². The Morgan fingerprint density at radius 3 is 2.77 bits per heavy atom. The van der Waals surface area contributed by atoms with Gasteiger partial charge in [0.05, 0.1) is 12.2 Å². The van der Waals surface area contributed by atoms with Crippen LogP contribution in [-0.4, -0.2) is 53.3 Å². The van der Waals surface area contributed by atoms with E-state index in [0.29, 0.717) is 6.42 Å². The third kappa shape index (κ3) is 2.30. The van der Waals surface area contributed by atoms with Crippen LogP contribution in [0.3, 0.4) is 0 Å². The van der Waals surface area contributed by atoms with Crippen LogP contribution in [0.15, 0.2) is 23.5 Å². The molecule has 0 aromatic carbocycles. The minimum atomic E-state index is -0.834. The van der Waals surface area contributed by atoms with Gasteiger partial charge >= 0.3 is 0 Å². The molecule has 122 valence electrons. The maximum absolute atomic E-state index is 10.5. The monoisotopic (exact) mass is 310 g/mol. The molecule has 22 heavy (non-hydrogen) atoms. The van der Waals surface area contributed by atoms with Gasteiger partial charge in [0.1, 0.15) is 24.1 Å². The van der Waals surface area contributed by atoms with Gasteiger partial charge in [0.15, 0.2) is 12.6 Å². The van der Waals surface area contributed by atoms with Gasteiger partial charge in [0, 0.05) is 5.92 Å². The molecule has 0 aromatic rings. The molecular weight excluding hydrogens is 288 g/mol. The molecule has 0 radical (unpaired) electrons. The van der Waals surface area contributed by atoms with E-state index in [-0.39, 0.29) is 24.9 Å². The van der Waals surface area contributed by atoms with Crippen molar-refractivity contribution in [3.05, 3.63) is 23.5 Å². The fourth-order valence-electron chi connectivity index (χ4n) is 3.89. The number of ether oxygens (including phenoxy) is 4. The maximum atomic E-state index is 10.5. The molecule has 2 aliphatic carbocycles. The Morgan fingerprint density at radius 2 is 1.95 bits per heavy atom. The maximum Gasteiger partial charge on any atom is 0.189 e. The Labute approximate surface area is 129 Å². The molecule has 6 heteroatoms. The number of rotatable bonds is 1. The van der Waals surface area contributed by atoms with E-state index in [4.69, 9.17) is 18.9 Å². The molecule has 3 fully saturated rings. The Kier molecular flexibility index (Phi) is 3.36. The van der Waals surface area contributed by atoms with Gasteiger partial charge in [0.25, 0.3) is 0 Å². The largest absolute Gasteiger partial charge is 0.469 e. The third-order valence-corrected chi connectivity index (χ3v) is 4.90. The molecule has 2 N–H and O–H groups in total. The van der Waals surface area contributed by atoms with Gasteiger partial charge in [-0.25, -0.2) is 0 Å². The van der Waals surface area contributed by atoms with Gasteiger partial charge < -0.3 is 29.2 Å². The number of fused-ring (bicyclic) bond motifs is 3. The minimum Gasteiger partial charge on any atom is -0.469 e. The molecule has 2 saturated heterocycles. The second kappa shape index (κ2) is 5.04. The topological polar surface area (TPSA) is 77.4 Å². The summed E-state index contributed by atoms with van der Waals surface area (Å²) in [6, 6.07) is 0. The summed E-state index contributed by atoms with van der Waals surface area (Å²) in [5.41, 5.74) is 1.04. The fourth-order valence-corrected chi connectivity index (χ4v) is 3.89. The van der Waals surface area contributed by atoms with Gasteiger partial charge in [-0.1, -0.05) is 6.08 Å². The van der Waals surface area contributed by atoms with Crippen molar-refractivity contribution >= 4 is 0 Å². The van der Waals surface area contributed by atoms with E-state index in [9.17, 15) is 10.2 Å². The first-order chi connectivity index (χ1) is 10.4. The van der Waals surface area contributed by atoms with Crippen molar-refractivity contribution in [2.45, 2.75) is 63.0 Å². The average molecular weight is 310 g/mol. The smallest absolute Gasteiger partial charge is 0.189 e. The van der Waals surface area contributed by atoms with E-state index < -0.39 is 24.1 Å². The molecule has 6 atom stereocenters. The van der Waals surface area contributed by atoms with Crippen molar-refractivity contribution < 1.29 is 29.2 Å². The molecule has 0 amide bonds. The molecule has 2 aliphatic heterocycles. The Bertz CT molecular complexity index is 525. The Balaban J connectivity index is 1.63. The van der Waals surface area contributed by atoms with Crippen LogP contribution in [-0.2, 0) is 18.9 Å². The third-order valence-electron chi connectivity index (χ3n) is 4.90. The lowest BCUT2D eigenvalue weighted by Gasteiger charge is -2.52. The van der Waals surface area contributed by atoms with Crippen LogP contribution in [0.1, 0.15) is 26.7 Å². The highest BCUT2D eigenvalue weighted by molar-refractivity contribution is 5.33. The van der Waals surface area contributed by atoms with Crippen molar-refractivity contribution in [3.8, 4) is 0 Å². The quantitative estimate of drug-likeness (QED) is 0.747. The molecule has 4 aliphatic rings. The fraction of sp³-hybridized carbons (Fsp3) is 0.750. The van der Waals surface area contributed by atoms with E-state index in [1.165, 1.54) is 0 Å². The first-order valence-electron chi connectivity index (χ1n) is 7.82. The summed E-state index contributed by atoms with van der Waals surface area (Å²) >= 11 is 0. The first-order valence-corrected chi connectivity index (χ1v) is 7.82. The number of allylic oxidation sites excluding steroid dienone is 1. The number of hydrogen-bond donors (Lipinski definition) is 2. The van der Waals surface area contributed by atoms with E-state index >= 15 is 0 Å². The van der Waals surface area contributed by atoms with Gasteiger partial charge in [0.2, 0.25) is 0 Å². The summed E-state index contributed by atoms with van der Waals surface area (Å²) < 4.78 is 22.6. The molecule has 2 heterocycles. The van der Waals surface area contributed by atoms with E-state index in [2.05, 4.69) is 6.08 Å². The zero-order chi connectivity index (χ0) is 15.5. The lowest BCUT2D eigenvalue weighted by Crippen LogP contribution is -2.64. The molecule has 0 aromatic heterocycles. The minimum absolute atomic E-state index is 0.00184. The zero-order valence-corrected chi connectivity index (χ0v) is 12.8. The Morgan fingerprint density at radius 1 is 1.18 bits per heavy atom. The van der Waals surface area contributed by atoms with Crippen LogP contribution in [0.2, 0.25) is 0 Å². The lowest BCUT2D eigenvalue weighted by molar-refractivity contribution is -0.365. The molecule has 0 spiro atoms. The predicted molar refractivity (Wildman–Crippen MR) is 75.6 cm³/mol. The molecular formula is C16H22O6. The predicted octanol–water partition coefficient (Wildman–Crippen LogP) is 0.835. The van der Waals surface area contributed by atoms with Crippen molar-refractivity contribution in [2.24, 2.45) is 5.92 Å². The highest BCUT2D eigenvalue weighted by Gasteiger charge is 2.53. The SMILES string of the molecule is CC1(C)O[C@@H]2[C@H](O)[C@H](O1)C(C1=CCC3OCOC3=C1)C[C@@H]2O. The normalized spacial score (nSPS) is 46.4. The van der Waals surface area contributed by atoms with Crippen LogP contribution < -0.4 is 0 Å². The van der Waals surface area contributed by atoms with Crippen molar-refractivity contribution in [1.82, 2.24) is 0 Å². The van der Waals surface area contributed by atoms with Gasteiger partial charge in [-0.15, -0.1) is 0 Å². The summed E-state index contributed by atoms with van der Waals surface area (Å²) in [6.07, 6.45) is 2.79. The van der Waals surface area contributed by atoms with E-state index in [1.807, 2.05) is 19.9 Å². The molecule has 6 nitrogen and oxygen atoms in total. The van der Waals surface area contributed by atoms with Gasteiger partial charge in [-0.2, -0.15) is 0 Å². The summed E-state index contributed by atoms with van der Waals surface area (Å²) in [6.45, 7) is 3.91. The van der Waals surface area contributed by atoms with Gasteiger partial charge in [-0.05, 0) is 38.3 Å². The Hall–Kier alpha value is -0.920. The zero-order valence-electron chi connectivity index (χ0n) is 12.8. The van der Waals surface area contributed by atoms with Crippen LogP contribution in [0.5, 0.6) is 0 Å².